The first-order chi connectivity index (χ1) is 8.10. The standard InChI is InChI=1S/C14H22N2O/c1-5-9-16(12(4)17)11(3)15-10-13(6-2)14-7-8-14/h6,10,14H,2,5,7-9H2,1,3-4H3/b13-10+,15-11?. The van der Waals surface area contributed by atoms with Crippen molar-refractivity contribution < 1.29 is 4.79 Å². The number of rotatable bonds is 5. The molecule has 1 aliphatic rings. The first-order valence-electron chi connectivity index (χ1n) is 6.25. The van der Waals surface area contributed by atoms with Gasteiger partial charge in [0.2, 0.25) is 5.91 Å². The zero-order valence-electron chi connectivity index (χ0n) is 11.1. The third kappa shape index (κ3) is 4.17. The molecule has 1 saturated carbocycles. The van der Waals surface area contributed by atoms with Gasteiger partial charge in [0, 0.05) is 19.7 Å². The molecule has 0 radical (unpaired) electrons. The number of nitrogens with zero attached hydrogens (tertiary/aromatic N) is 2. The summed E-state index contributed by atoms with van der Waals surface area (Å²) in [6.07, 6.45) is 7.13. The molecule has 0 aliphatic heterocycles. The maximum atomic E-state index is 11.4. The van der Waals surface area contributed by atoms with E-state index in [0.717, 1.165) is 18.8 Å². The molecule has 0 bridgehead atoms. The van der Waals surface area contributed by atoms with E-state index >= 15 is 0 Å². The van der Waals surface area contributed by atoms with E-state index in [1.165, 1.54) is 18.4 Å². The van der Waals surface area contributed by atoms with Crippen molar-refractivity contribution in [2.24, 2.45) is 10.9 Å². The quantitative estimate of drug-likeness (QED) is 0.408. The van der Waals surface area contributed by atoms with E-state index in [1.54, 1.807) is 11.8 Å². The van der Waals surface area contributed by atoms with Crippen molar-refractivity contribution in [3.63, 3.8) is 0 Å². The Hall–Kier alpha value is -1.38. The number of carbonyl (C=O) groups is 1. The van der Waals surface area contributed by atoms with Gasteiger partial charge in [0.1, 0.15) is 5.84 Å². The number of aliphatic imine (C=N–C) groups is 1. The van der Waals surface area contributed by atoms with Crippen LogP contribution in [0.2, 0.25) is 0 Å². The Morgan fingerprint density at radius 3 is 2.53 bits per heavy atom. The summed E-state index contributed by atoms with van der Waals surface area (Å²) in [6, 6.07) is 0. The highest BCUT2D eigenvalue weighted by Gasteiger charge is 2.23. The number of hydrogen-bond donors (Lipinski definition) is 0. The van der Waals surface area contributed by atoms with E-state index in [1.807, 2.05) is 19.2 Å². The third-order valence-electron chi connectivity index (χ3n) is 2.90. The number of amidine groups is 1. The number of amides is 1. The fourth-order valence-electron chi connectivity index (χ4n) is 1.75. The van der Waals surface area contributed by atoms with Gasteiger partial charge in [-0.15, -0.1) is 0 Å². The van der Waals surface area contributed by atoms with Gasteiger partial charge in [0.05, 0.1) is 0 Å². The van der Waals surface area contributed by atoms with Crippen LogP contribution in [-0.2, 0) is 4.79 Å². The highest BCUT2D eigenvalue weighted by molar-refractivity contribution is 5.96. The van der Waals surface area contributed by atoms with Crippen molar-refractivity contribution in [1.29, 1.82) is 0 Å². The summed E-state index contributed by atoms with van der Waals surface area (Å²) in [5.41, 5.74) is 1.18. The van der Waals surface area contributed by atoms with Crippen LogP contribution in [0.4, 0.5) is 0 Å². The van der Waals surface area contributed by atoms with Gasteiger partial charge in [0.25, 0.3) is 0 Å². The molecule has 0 spiro atoms. The summed E-state index contributed by atoms with van der Waals surface area (Å²) in [6.45, 7) is 10.0. The SMILES string of the molecule is C=C/C(=C\N=C(C)N(CCC)C(C)=O)C1CC1. The van der Waals surface area contributed by atoms with Crippen LogP contribution in [0.5, 0.6) is 0 Å². The van der Waals surface area contributed by atoms with E-state index in [0.29, 0.717) is 5.92 Å². The molecule has 94 valence electrons. The molecule has 17 heavy (non-hydrogen) atoms. The van der Waals surface area contributed by atoms with Gasteiger partial charge in [-0.05, 0) is 37.7 Å². The van der Waals surface area contributed by atoms with Crippen molar-refractivity contribution in [1.82, 2.24) is 4.90 Å². The Morgan fingerprint density at radius 2 is 2.12 bits per heavy atom. The van der Waals surface area contributed by atoms with Gasteiger partial charge in [-0.1, -0.05) is 19.6 Å². The van der Waals surface area contributed by atoms with E-state index in [2.05, 4.69) is 18.5 Å². The second kappa shape index (κ2) is 6.38. The second-order valence-corrected chi connectivity index (χ2v) is 4.45. The zero-order chi connectivity index (χ0) is 12.8. The molecule has 0 N–H and O–H groups in total. The molecule has 3 nitrogen and oxygen atoms in total. The lowest BCUT2D eigenvalue weighted by Crippen LogP contribution is -2.33. The maximum absolute atomic E-state index is 11.4. The van der Waals surface area contributed by atoms with Gasteiger partial charge in [-0.25, -0.2) is 4.99 Å². The Bertz CT molecular complexity index is 351. The Labute approximate surface area is 104 Å². The van der Waals surface area contributed by atoms with Crippen molar-refractivity contribution in [3.8, 4) is 0 Å². The molecule has 0 unspecified atom stereocenters. The van der Waals surface area contributed by atoms with E-state index < -0.39 is 0 Å². The third-order valence-corrected chi connectivity index (χ3v) is 2.90. The maximum Gasteiger partial charge on any atom is 0.224 e. The average molecular weight is 234 g/mol. The van der Waals surface area contributed by atoms with E-state index in [-0.39, 0.29) is 5.91 Å². The fraction of sp³-hybridized carbons (Fsp3) is 0.571. The molecule has 1 amide bonds. The zero-order valence-corrected chi connectivity index (χ0v) is 11.1. The molecular weight excluding hydrogens is 212 g/mol. The predicted molar refractivity (Wildman–Crippen MR) is 71.8 cm³/mol. The van der Waals surface area contributed by atoms with Gasteiger partial charge in [-0.3, -0.25) is 4.79 Å². The highest BCUT2D eigenvalue weighted by atomic mass is 16.2. The summed E-state index contributed by atoms with van der Waals surface area (Å²) in [4.78, 5) is 17.5. The van der Waals surface area contributed by atoms with Crippen LogP contribution in [0.25, 0.3) is 0 Å². The number of hydrogen-bond acceptors (Lipinski definition) is 2. The smallest absolute Gasteiger partial charge is 0.224 e. The van der Waals surface area contributed by atoms with Crippen LogP contribution in [-0.4, -0.2) is 23.2 Å². The van der Waals surface area contributed by atoms with E-state index in [4.69, 9.17) is 0 Å². The molecule has 0 aromatic rings. The number of allylic oxidation sites excluding steroid dienone is 2. The molecule has 1 fully saturated rings. The van der Waals surface area contributed by atoms with Crippen LogP contribution in [0.15, 0.2) is 29.4 Å². The van der Waals surface area contributed by atoms with Crippen molar-refractivity contribution >= 4 is 11.7 Å². The number of carbonyl (C=O) groups excluding carboxylic acids is 1. The Balaban J connectivity index is 2.74. The summed E-state index contributed by atoms with van der Waals surface area (Å²) in [5, 5.41) is 0. The van der Waals surface area contributed by atoms with Gasteiger partial charge < -0.3 is 4.90 Å². The minimum Gasteiger partial charge on any atom is -0.301 e. The molecule has 1 rings (SSSR count). The lowest BCUT2D eigenvalue weighted by molar-refractivity contribution is -0.125. The second-order valence-electron chi connectivity index (χ2n) is 4.45. The van der Waals surface area contributed by atoms with Crippen molar-refractivity contribution in [3.05, 3.63) is 24.4 Å². The van der Waals surface area contributed by atoms with Gasteiger partial charge in [-0.2, -0.15) is 0 Å². The summed E-state index contributed by atoms with van der Waals surface area (Å²) < 4.78 is 0. The summed E-state index contributed by atoms with van der Waals surface area (Å²) >= 11 is 0. The lowest BCUT2D eigenvalue weighted by Gasteiger charge is -2.19. The first-order valence-corrected chi connectivity index (χ1v) is 6.25. The first kappa shape index (κ1) is 13.7. The van der Waals surface area contributed by atoms with E-state index in [9.17, 15) is 4.79 Å². The monoisotopic (exact) mass is 234 g/mol. The Kier molecular flexibility index (Phi) is 5.13. The lowest BCUT2D eigenvalue weighted by atomic mass is 10.2. The normalized spacial score (nSPS) is 16.9. The van der Waals surface area contributed by atoms with Crippen molar-refractivity contribution in [2.45, 2.75) is 40.0 Å². The average Bonchev–Trinajstić information content (AvgIpc) is 3.10. The molecule has 1 aliphatic carbocycles. The van der Waals surface area contributed by atoms with Crippen molar-refractivity contribution in [2.75, 3.05) is 6.54 Å². The molecule has 0 atom stereocenters. The largest absolute Gasteiger partial charge is 0.301 e. The van der Waals surface area contributed by atoms with Crippen LogP contribution < -0.4 is 0 Å². The van der Waals surface area contributed by atoms with Crippen LogP contribution in [0.1, 0.15) is 40.0 Å². The summed E-state index contributed by atoms with van der Waals surface area (Å²) in [5.74, 6) is 1.45. The molecule has 0 heterocycles. The molecule has 3 heteroatoms. The Morgan fingerprint density at radius 1 is 1.47 bits per heavy atom. The fourth-order valence-corrected chi connectivity index (χ4v) is 1.75. The van der Waals surface area contributed by atoms with Crippen LogP contribution in [0, 0.1) is 5.92 Å². The minimum absolute atomic E-state index is 0.0491. The molecule has 0 aromatic carbocycles. The molecular formula is C14H22N2O. The minimum atomic E-state index is 0.0491. The topological polar surface area (TPSA) is 32.7 Å². The van der Waals surface area contributed by atoms with Crippen LogP contribution >= 0.6 is 0 Å². The highest BCUT2D eigenvalue weighted by Crippen LogP contribution is 2.36. The summed E-state index contributed by atoms with van der Waals surface area (Å²) in [7, 11) is 0. The van der Waals surface area contributed by atoms with Gasteiger partial charge in [0.15, 0.2) is 0 Å². The van der Waals surface area contributed by atoms with Gasteiger partial charge >= 0.3 is 0 Å². The molecule has 0 aromatic heterocycles. The predicted octanol–water partition coefficient (Wildman–Crippen LogP) is 3.14. The van der Waals surface area contributed by atoms with Crippen LogP contribution in [0.3, 0.4) is 0 Å². The molecule has 0 saturated heterocycles.